The molecular formula is C13H20N4O. The summed E-state index contributed by atoms with van der Waals surface area (Å²) in [6.07, 6.45) is 4.06. The number of primary amides is 1. The predicted molar refractivity (Wildman–Crippen MR) is 71.4 cm³/mol. The van der Waals surface area contributed by atoms with Gasteiger partial charge < -0.3 is 16.4 Å². The Morgan fingerprint density at radius 3 is 3.17 bits per heavy atom. The number of anilines is 1. The summed E-state index contributed by atoms with van der Waals surface area (Å²) in [7, 11) is 0. The maximum Gasteiger partial charge on any atom is 0.252 e. The van der Waals surface area contributed by atoms with Gasteiger partial charge in [-0.3, -0.25) is 4.79 Å². The summed E-state index contributed by atoms with van der Waals surface area (Å²) >= 11 is 0. The highest BCUT2D eigenvalue weighted by Crippen LogP contribution is 2.19. The van der Waals surface area contributed by atoms with Crippen molar-refractivity contribution in [1.29, 1.82) is 0 Å². The van der Waals surface area contributed by atoms with Gasteiger partial charge in [0.1, 0.15) is 5.82 Å². The number of piperidine rings is 1. The average Bonchev–Trinajstić information content (AvgIpc) is 2.40. The van der Waals surface area contributed by atoms with Crippen molar-refractivity contribution in [1.82, 2.24) is 10.3 Å². The molecule has 1 aliphatic rings. The molecule has 18 heavy (non-hydrogen) atoms. The van der Waals surface area contributed by atoms with E-state index in [4.69, 9.17) is 5.73 Å². The molecule has 1 aromatic rings. The number of nitrogens with two attached hydrogens (primary N) is 1. The molecule has 0 radical (unpaired) electrons. The van der Waals surface area contributed by atoms with E-state index < -0.39 is 5.91 Å². The second kappa shape index (κ2) is 5.82. The number of carbonyl (C=O) groups excluding carboxylic acids is 1. The lowest BCUT2D eigenvalue weighted by atomic mass is 9.93. The molecule has 1 fully saturated rings. The lowest BCUT2D eigenvalue weighted by molar-refractivity contribution is 0.100. The van der Waals surface area contributed by atoms with Crippen LogP contribution < -0.4 is 16.4 Å². The molecule has 1 saturated heterocycles. The van der Waals surface area contributed by atoms with E-state index in [2.05, 4.69) is 22.5 Å². The minimum absolute atomic E-state index is 0.269. The summed E-state index contributed by atoms with van der Waals surface area (Å²) in [5, 5.41) is 6.70. The number of aromatic nitrogens is 1. The minimum Gasteiger partial charge on any atom is -0.367 e. The Morgan fingerprint density at radius 2 is 2.50 bits per heavy atom. The maximum atomic E-state index is 11.3. The molecule has 4 N–H and O–H groups in total. The molecule has 2 unspecified atom stereocenters. The summed E-state index contributed by atoms with van der Waals surface area (Å²) in [6.45, 7) is 4.23. The van der Waals surface area contributed by atoms with Crippen molar-refractivity contribution in [3.05, 3.63) is 23.9 Å². The van der Waals surface area contributed by atoms with Crippen molar-refractivity contribution in [2.45, 2.75) is 25.8 Å². The van der Waals surface area contributed by atoms with Crippen molar-refractivity contribution >= 4 is 11.7 Å². The molecule has 5 nitrogen and oxygen atoms in total. The number of hydrogen-bond acceptors (Lipinski definition) is 4. The van der Waals surface area contributed by atoms with Crippen molar-refractivity contribution < 1.29 is 4.79 Å². The van der Waals surface area contributed by atoms with E-state index in [0.29, 0.717) is 17.3 Å². The number of hydrogen-bond donors (Lipinski definition) is 3. The van der Waals surface area contributed by atoms with Crippen LogP contribution in [-0.4, -0.2) is 30.0 Å². The lowest BCUT2D eigenvalue weighted by Crippen LogP contribution is -2.39. The van der Waals surface area contributed by atoms with Crippen LogP contribution in [0.2, 0.25) is 0 Å². The van der Waals surface area contributed by atoms with Gasteiger partial charge in [0, 0.05) is 12.2 Å². The number of nitrogens with one attached hydrogen (secondary N) is 2. The lowest BCUT2D eigenvalue weighted by Gasteiger charge is -2.29. The van der Waals surface area contributed by atoms with Gasteiger partial charge in [0.15, 0.2) is 0 Å². The largest absolute Gasteiger partial charge is 0.367 e. The van der Waals surface area contributed by atoms with Crippen molar-refractivity contribution in [2.75, 3.05) is 18.4 Å². The van der Waals surface area contributed by atoms with E-state index >= 15 is 0 Å². The molecule has 98 valence electrons. The second-order valence-electron chi connectivity index (χ2n) is 4.80. The van der Waals surface area contributed by atoms with Gasteiger partial charge in [-0.05, 0) is 50.9 Å². The number of carbonyl (C=O) groups is 1. The minimum atomic E-state index is -0.445. The monoisotopic (exact) mass is 248 g/mol. The summed E-state index contributed by atoms with van der Waals surface area (Å²) in [5.41, 5.74) is 5.79. The predicted octanol–water partition coefficient (Wildman–Crippen LogP) is 0.980. The van der Waals surface area contributed by atoms with Crippen molar-refractivity contribution in [3.8, 4) is 0 Å². The van der Waals surface area contributed by atoms with Gasteiger partial charge in [0.2, 0.25) is 0 Å². The van der Waals surface area contributed by atoms with E-state index in [9.17, 15) is 4.79 Å². The first-order valence-electron chi connectivity index (χ1n) is 6.40. The Hall–Kier alpha value is -1.62. The van der Waals surface area contributed by atoms with Gasteiger partial charge in [-0.1, -0.05) is 0 Å². The zero-order valence-electron chi connectivity index (χ0n) is 10.6. The molecule has 2 heterocycles. The molecule has 2 rings (SSSR count). The quantitative estimate of drug-likeness (QED) is 0.742. The Balaban J connectivity index is 2.06. The molecule has 0 aliphatic carbocycles. The van der Waals surface area contributed by atoms with Crippen LogP contribution in [0.1, 0.15) is 30.1 Å². The number of pyridine rings is 1. The van der Waals surface area contributed by atoms with E-state index in [1.54, 1.807) is 18.3 Å². The molecule has 2 atom stereocenters. The van der Waals surface area contributed by atoms with E-state index in [1.807, 2.05) is 0 Å². The van der Waals surface area contributed by atoms with Gasteiger partial charge in [-0.25, -0.2) is 4.98 Å². The van der Waals surface area contributed by atoms with Crippen LogP contribution in [0, 0.1) is 5.92 Å². The normalized spacial score (nSPS) is 21.3. The third kappa shape index (κ3) is 2.98. The van der Waals surface area contributed by atoms with Gasteiger partial charge in [-0.15, -0.1) is 0 Å². The molecule has 1 aromatic heterocycles. The molecule has 1 amide bonds. The zero-order valence-corrected chi connectivity index (χ0v) is 10.6. The molecule has 5 heteroatoms. The van der Waals surface area contributed by atoms with Crippen LogP contribution in [0.5, 0.6) is 0 Å². The molecule has 0 aromatic carbocycles. The first kappa shape index (κ1) is 12.8. The van der Waals surface area contributed by atoms with Crippen LogP contribution >= 0.6 is 0 Å². The van der Waals surface area contributed by atoms with Crippen LogP contribution in [0.3, 0.4) is 0 Å². The van der Waals surface area contributed by atoms with E-state index in [1.165, 1.54) is 12.8 Å². The number of amides is 1. The first-order chi connectivity index (χ1) is 8.68. The standard InChI is InChI=1S/C13H20N4O/c1-9(10-4-2-6-15-8-10)17-13-11(12(14)18)5-3-7-16-13/h3,5,7,9-10,15H,2,4,6,8H2,1H3,(H2,14,18)(H,16,17). The third-order valence-electron chi connectivity index (χ3n) is 3.48. The Kier molecular flexibility index (Phi) is 4.15. The fourth-order valence-electron chi connectivity index (χ4n) is 2.36. The highest BCUT2D eigenvalue weighted by Gasteiger charge is 2.21. The van der Waals surface area contributed by atoms with E-state index in [-0.39, 0.29) is 6.04 Å². The molecule has 0 spiro atoms. The van der Waals surface area contributed by atoms with Gasteiger partial charge in [-0.2, -0.15) is 0 Å². The Bertz CT molecular complexity index is 415. The Labute approximate surface area is 107 Å². The fraction of sp³-hybridized carbons (Fsp3) is 0.538. The average molecular weight is 248 g/mol. The highest BCUT2D eigenvalue weighted by molar-refractivity contribution is 5.97. The number of nitrogens with zero attached hydrogens (tertiary/aromatic N) is 1. The molecular weight excluding hydrogens is 228 g/mol. The molecule has 0 saturated carbocycles. The van der Waals surface area contributed by atoms with Crippen LogP contribution in [-0.2, 0) is 0 Å². The van der Waals surface area contributed by atoms with Crippen LogP contribution in [0.15, 0.2) is 18.3 Å². The SMILES string of the molecule is CC(Nc1ncccc1C(N)=O)C1CCCNC1. The summed E-state index contributed by atoms with van der Waals surface area (Å²) < 4.78 is 0. The number of rotatable bonds is 4. The van der Waals surface area contributed by atoms with Crippen molar-refractivity contribution in [2.24, 2.45) is 11.7 Å². The highest BCUT2D eigenvalue weighted by atomic mass is 16.1. The summed E-state index contributed by atoms with van der Waals surface area (Å²) in [6, 6.07) is 3.69. The maximum absolute atomic E-state index is 11.3. The Morgan fingerprint density at radius 1 is 1.67 bits per heavy atom. The van der Waals surface area contributed by atoms with E-state index in [0.717, 1.165) is 13.1 Å². The van der Waals surface area contributed by atoms with Crippen LogP contribution in [0.4, 0.5) is 5.82 Å². The summed E-state index contributed by atoms with van der Waals surface area (Å²) in [4.78, 5) is 15.5. The summed E-state index contributed by atoms with van der Waals surface area (Å²) in [5.74, 6) is 0.698. The van der Waals surface area contributed by atoms with Crippen molar-refractivity contribution in [3.63, 3.8) is 0 Å². The molecule has 0 bridgehead atoms. The smallest absolute Gasteiger partial charge is 0.252 e. The topological polar surface area (TPSA) is 80.0 Å². The van der Waals surface area contributed by atoms with Gasteiger partial charge in [0.05, 0.1) is 5.56 Å². The van der Waals surface area contributed by atoms with Gasteiger partial charge in [0.25, 0.3) is 5.91 Å². The zero-order chi connectivity index (χ0) is 13.0. The second-order valence-corrected chi connectivity index (χ2v) is 4.80. The van der Waals surface area contributed by atoms with Gasteiger partial charge >= 0.3 is 0 Å². The fourth-order valence-corrected chi connectivity index (χ4v) is 2.36. The van der Waals surface area contributed by atoms with Crippen LogP contribution in [0.25, 0.3) is 0 Å². The third-order valence-corrected chi connectivity index (χ3v) is 3.48. The molecule has 1 aliphatic heterocycles. The first-order valence-corrected chi connectivity index (χ1v) is 6.40.